The highest BCUT2D eigenvalue weighted by atomic mass is 16.5. The zero-order valence-electron chi connectivity index (χ0n) is 10.8. The van der Waals surface area contributed by atoms with E-state index in [9.17, 15) is 0 Å². The maximum Gasteiger partial charge on any atom is 0.101 e. The van der Waals surface area contributed by atoms with Gasteiger partial charge in [-0.3, -0.25) is 0 Å². The molecule has 1 rings (SSSR count). The van der Waals surface area contributed by atoms with Gasteiger partial charge in [0.25, 0.3) is 0 Å². The third kappa shape index (κ3) is 4.88. The average Bonchev–Trinajstić information content (AvgIpc) is 2.28. The van der Waals surface area contributed by atoms with Crippen molar-refractivity contribution in [2.24, 2.45) is 5.92 Å². The second-order valence-electron chi connectivity index (χ2n) is 4.56. The molecule has 0 saturated heterocycles. The van der Waals surface area contributed by atoms with Gasteiger partial charge in [-0.15, -0.1) is 0 Å². The molecule has 0 bridgehead atoms. The number of ether oxygens (including phenoxy) is 1. The van der Waals surface area contributed by atoms with Crippen LogP contribution in [0.25, 0.3) is 0 Å². The van der Waals surface area contributed by atoms with Gasteiger partial charge in [-0.2, -0.15) is 5.26 Å². The van der Waals surface area contributed by atoms with Crippen LogP contribution in [0.4, 0.5) is 5.69 Å². The van der Waals surface area contributed by atoms with Gasteiger partial charge in [0, 0.05) is 13.2 Å². The molecule has 0 saturated carbocycles. The van der Waals surface area contributed by atoms with Crippen LogP contribution in [0.1, 0.15) is 25.0 Å². The third-order valence-electron chi connectivity index (χ3n) is 2.31. The van der Waals surface area contributed by atoms with Crippen molar-refractivity contribution in [1.29, 1.82) is 5.26 Å². The topological polar surface area (TPSA) is 45.0 Å². The Morgan fingerprint density at radius 1 is 1.41 bits per heavy atom. The average molecular weight is 232 g/mol. The number of nitrogens with one attached hydrogen (secondary N) is 1. The molecule has 0 aliphatic rings. The summed E-state index contributed by atoms with van der Waals surface area (Å²) in [4.78, 5) is 0. The van der Waals surface area contributed by atoms with E-state index >= 15 is 0 Å². The molecule has 3 nitrogen and oxygen atoms in total. The fraction of sp³-hybridized carbons (Fsp3) is 0.500. The van der Waals surface area contributed by atoms with Gasteiger partial charge in [0.15, 0.2) is 0 Å². The molecular weight excluding hydrogens is 212 g/mol. The van der Waals surface area contributed by atoms with Crippen molar-refractivity contribution in [3.8, 4) is 6.07 Å². The van der Waals surface area contributed by atoms with Crippen LogP contribution >= 0.6 is 0 Å². The van der Waals surface area contributed by atoms with Crippen LogP contribution < -0.4 is 5.32 Å². The monoisotopic (exact) mass is 232 g/mol. The van der Waals surface area contributed by atoms with Crippen LogP contribution in [-0.4, -0.2) is 19.8 Å². The van der Waals surface area contributed by atoms with Crippen molar-refractivity contribution >= 4 is 5.69 Å². The lowest BCUT2D eigenvalue weighted by atomic mass is 10.1. The van der Waals surface area contributed by atoms with Gasteiger partial charge in [-0.05, 0) is 30.5 Å². The van der Waals surface area contributed by atoms with Crippen molar-refractivity contribution < 1.29 is 4.74 Å². The fourth-order valence-electron chi connectivity index (χ4n) is 1.48. The summed E-state index contributed by atoms with van der Waals surface area (Å²) in [6.07, 6.45) is 0. The standard InChI is InChI=1S/C14H20N2O/c1-11(2)10-17-7-6-16-14-8-12(3)4-5-13(14)9-15/h4-5,8,11,16H,6-7,10H2,1-3H3. The second kappa shape index (κ2) is 6.93. The lowest BCUT2D eigenvalue weighted by Gasteiger charge is -2.10. The number of benzene rings is 1. The van der Waals surface area contributed by atoms with Crippen LogP contribution in [0.5, 0.6) is 0 Å². The molecule has 1 aromatic rings. The molecule has 0 unspecified atom stereocenters. The van der Waals surface area contributed by atoms with E-state index in [-0.39, 0.29) is 0 Å². The molecule has 0 spiro atoms. The van der Waals surface area contributed by atoms with E-state index in [1.807, 2.05) is 25.1 Å². The molecule has 1 aromatic carbocycles. The van der Waals surface area contributed by atoms with Crippen molar-refractivity contribution in [3.63, 3.8) is 0 Å². The fourth-order valence-corrected chi connectivity index (χ4v) is 1.48. The summed E-state index contributed by atoms with van der Waals surface area (Å²) in [5, 5.41) is 12.2. The van der Waals surface area contributed by atoms with Crippen molar-refractivity contribution in [2.75, 3.05) is 25.1 Å². The smallest absolute Gasteiger partial charge is 0.101 e. The molecule has 0 heterocycles. The number of aryl methyl sites for hydroxylation is 1. The first-order valence-corrected chi connectivity index (χ1v) is 5.96. The number of rotatable bonds is 6. The lowest BCUT2D eigenvalue weighted by molar-refractivity contribution is 0.118. The Morgan fingerprint density at radius 3 is 2.82 bits per heavy atom. The zero-order valence-corrected chi connectivity index (χ0v) is 10.8. The summed E-state index contributed by atoms with van der Waals surface area (Å²) in [6.45, 7) is 8.44. The Hall–Kier alpha value is -1.53. The largest absolute Gasteiger partial charge is 0.382 e. The van der Waals surface area contributed by atoms with Crippen LogP contribution in [0.15, 0.2) is 18.2 Å². The molecule has 0 aliphatic heterocycles. The Morgan fingerprint density at radius 2 is 2.18 bits per heavy atom. The van der Waals surface area contributed by atoms with E-state index in [1.54, 1.807) is 0 Å². The minimum Gasteiger partial charge on any atom is -0.382 e. The van der Waals surface area contributed by atoms with E-state index in [1.165, 1.54) is 0 Å². The Labute approximate surface area is 103 Å². The van der Waals surface area contributed by atoms with Crippen LogP contribution in [0.2, 0.25) is 0 Å². The molecule has 0 fully saturated rings. The molecule has 1 N–H and O–H groups in total. The SMILES string of the molecule is Cc1ccc(C#N)c(NCCOCC(C)C)c1. The van der Waals surface area contributed by atoms with E-state index < -0.39 is 0 Å². The highest BCUT2D eigenvalue weighted by Crippen LogP contribution is 2.16. The van der Waals surface area contributed by atoms with Gasteiger partial charge >= 0.3 is 0 Å². The normalized spacial score (nSPS) is 10.3. The molecule has 3 heteroatoms. The summed E-state index contributed by atoms with van der Waals surface area (Å²) < 4.78 is 5.48. The molecule has 92 valence electrons. The predicted octanol–water partition coefficient (Wildman–Crippen LogP) is 2.95. The molecule has 0 aromatic heterocycles. The second-order valence-corrected chi connectivity index (χ2v) is 4.56. The van der Waals surface area contributed by atoms with Crippen LogP contribution in [0, 0.1) is 24.2 Å². The highest BCUT2D eigenvalue weighted by Gasteiger charge is 2.01. The molecule has 17 heavy (non-hydrogen) atoms. The zero-order chi connectivity index (χ0) is 12.7. The minimum absolute atomic E-state index is 0.559. The van der Waals surface area contributed by atoms with Crippen LogP contribution in [0.3, 0.4) is 0 Å². The number of nitrogens with zero attached hydrogens (tertiary/aromatic N) is 1. The molecule has 0 atom stereocenters. The molecule has 0 amide bonds. The highest BCUT2D eigenvalue weighted by molar-refractivity contribution is 5.58. The van der Waals surface area contributed by atoms with E-state index in [2.05, 4.69) is 25.2 Å². The van der Waals surface area contributed by atoms with Gasteiger partial charge in [0.2, 0.25) is 0 Å². The first-order chi connectivity index (χ1) is 8.13. The molecule has 0 aliphatic carbocycles. The summed E-state index contributed by atoms with van der Waals surface area (Å²) in [7, 11) is 0. The molecular formula is C14H20N2O. The summed E-state index contributed by atoms with van der Waals surface area (Å²) in [5.41, 5.74) is 2.72. The predicted molar refractivity (Wildman–Crippen MR) is 70.0 cm³/mol. The van der Waals surface area contributed by atoms with Gasteiger partial charge in [0.1, 0.15) is 6.07 Å². The van der Waals surface area contributed by atoms with Gasteiger partial charge in [-0.1, -0.05) is 19.9 Å². The third-order valence-corrected chi connectivity index (χ3v) is 2.31. The quantitative estimate of drug-likeness (QED) is 0.767. The van der Waals surface area contributed by atoms with E-state index in [0.29, 0.717) is 18.1 Å². The Kier molecular flexibility index (Phi) is 5.51. The minimum atomic E-state index is 0.559. The molecule has 0 radical (unpaired) electrons. The van der Waals surface area contributed by atoms with E-state index in [0.717, 1.165) is 24.4 Å². The number of hydrogen-bond acceptors (Lipinski definition) is 3. The van der Waals surface area contributed by atoms with E-state index in [4.69, 9.17) is 10.00 Å². The summed E-state index contributed by atoms with van der Waals surface area (Å²) in [5.74, 6) is 0.559. The maximum atomic E-state index is 8.96. The number of hydrogen-bond donors (Lipinski definition) is 1. The van der Waals surface area contributed by atoms with Gasteiger partial charge in [-0.25, -0.2) is 0 Å². The van der Waals surface area contributed by atoms with Gasteiger partial charge < -0.3 is 10.1 Å². The first kappa shape index (κ1) is 13.5. The van der Waals surface area contributed by atoms with Crippen LogP contribution in [-0.2, 0) is 4.74 Å². The maximum absolute atomic E-state index is 8.96. The van der Waals surface area contributed by atoms with Crippen molar-refractivity contribution in [2.45, 2.75) is 20.8 Å². The number of nitriles is 1. The van der Waals surface area contributed by atoms with Crippen molar-refractivity contribution in [1.82, 2.24) is 0 Å². The van der Waals surface area contributed by atoms with Gasteiger partial charge in [0.05, 0.1) is 17.9 Å². The lowest BCUT2D eigenvalue weighted by Crippen LogP contribution is -2.12. The first-order valence-electron chi connectivity index (χ1n) is 5.96. The Balaban J connectivity index is 2.41. The summed E-state index contributed by atoms with van der Waals surface area (Å²) >= 11 is 0. The number of anilines is 1. The Bertz CT molecular complexity index is 394. The van der Waals surface area contributed by atoms with Crippen molar-refractivity contribution in [3.05, 3.63) is 29.3 Å². The summed E-state index contributed by atoms with van der Waals surface area (Å²) in [6, 6.07) is 7.95.